The van der Waals surface area contributed by atoms with E-state index in [2.05, 4.69) is 52.3 Å². The van der Waals surface area contributed by atoms with Crippen molar-refractivity contribution in [1.82, 2.24) is 15.0 Å². The molecule has 4 nitrogen and oxygen atoms in total. The van der Waals surface area contributed by atoms with Gasteiger partial charge in [0.1, 0.15) is 5.69 Å². The first kappa shape index (κ1) is 15.6. The van der Waals surface area contributed by atoms with Crippen molar-refractivity contribution in [1.29, 1.82) is 0 Å². The van der Waals surface area contributed by atoms with Gasteiger partial charge in [0.25, 0.3) is 0 Å². The Morgan fingerprint density at radius 1 is 1.25 bits per heavy atom. The average Bonchev–Trinajstić information content (AvgIpc) is 2.75. The molecule has 7 heteroatoms. The third-order valence-electron chi connectivity index (χ3n) is 2.68. The van der Waals surface area contributed by atoms with Gasteiger partial charge >= 0.3 is 0 Å². The summed E-state index contributed by atoms with van der Waals surface area (Å²) in [5, 5.41) is 12.6. The highest BCUT2D eigenvalue weighted by molar-refractivity contribution is 9.10. The molecule has 0 saturated heterocycles. The van der Waals surface area contributed by atoms with Crippen molar-refractivity contribution in [2.45, 2.75) is 32.9 Å². The predicted octanol–water partition coefficient (Wildman–Crippen LogP) is 4.71. The largest absolute Gasteiger partial charge is 0.377 e. The standard InChI is InChI=1S/C13H15BrCl2N4/c1-13(2,3)20-7-9(18-19-20)6-17-12-10(15)4-8(14)5-11(12)16/h4-5,7,17H,6H2,1-3H3. The third-order valence-corrected chi connectivity index (χ3v) is 3.74. The lowest BCUT2D eigenvalue weighted by Gasteiger charge is -2.17. The van der Waals surface area contributed by atoms with Crippen molar-refractivity contribution in [3.8, 4) is 0 Å². The van der Waals surface area contributed by atoms with E-state index in [4.69, 9.17) is 23.2 Å². The SMILES string of the molecule is CC(C)(C)n1cc(CNc2c(Cl)cc(Br)cc2Cl)nn1. The highest BCUT2D eigenvalue weighted by atomic mass is 79.9. The lowest BCUT2D eigenvalue weighted by Crippen LogP contribution is -2.22. The number of anilines is 1. The van der Waals surface area contributed by atoms with Gasteiger partial charge in [-0.3, -0.25) is 0 Å². The lowest BCUT2D eigenvalue weighted by atomic mass is 10.1. The van der Waals surface area contributed by atoms with Crippen LogP contribution in [0, 0.1) is 0 Å². The van der Waals surface area contributed by atoms with Crippen LogP contribution < -0.4 is 5.32 Å². The average molecular weight is 378 g/mol. The minimum atomic E-state index is -0.0852. The Balaban J connectivity index is 2.12. The van der Waals surface area contributed by atoms with Crippen LogP contribution >= 0.6 is 39.1 Å². The Kier molecular flexibility index (Phi) is 4.62. The first-order valence-corrected chi connectivity index (χ1v) is 7.62. The van der Waals surface area contributed by atoms with Crippen molar-refractivity contribution in [3.05, 3.63) is 38.5 Å². The van der Waals surface area contributed by atoms with E-state index in [1.165, 1.54) is 0 Å². The number of halogens is 3. The van der Waals surface area contributed by atoms with Crippen LogP contribution in [0.5, 0.6) is 0 Å². The van der Waals surface area contributed by atoms with Gasteiger partial charge in [-0.05, 0) is 32.9 Å². The molecule has 1 aromatic heterocycles. The molecule has 108 valence electrons. The van der Waals surface area contributed by atoms with E-state index in [0.29, 0.717) is 22.3 Å². The maximum Gasteiger partial charge on any atom is 0.102 e. The van der Waals surface area contributed by atoms with Gasteiger partial charge in [-0.2, -0.15) is 0 Å². The molecular formula is C13H15BrCl2N4. The summed E-state index contributed by atoms with van der Waals surface area (Å²) >= 11 is 15.7. The molecular weight excluding hydrogens is 363 g/mol. The molecule has 0 amide bonds. The number of rotatable bonds is 3. The molecule has 0 atom stereocenters. The van der Waals surface area contributed by atoms with E-state index < -0.39 is 0 Å². The van der Waals surface area contributed by atoms with Crippen molar-refractivity contribution < 1.29 is 0 Å². The molecule has 0 aliphatic heterocycles. The number of benzene rings is 1. The summed E-state index contributed by atoms with van der Waals surface area (Å²) in [6.45, 7) is 6.72. The molecule has 2 rings (SSSR count). The summed E-state index contributed by atoms with van der Waals surface area (Å²) in [6.07, 6.45) is 1.91. The molecule has 20 heavy (non-hydrogen) atoms. The van der Waals surface area contributed by atoms with Crippen molar-refractivity contribution in [2.75, 3.05) is 5.32 Å². The van der Waals surface area contributed by atoms with Crippen LogP contribution in [0.1, 0.15) is 26.5 Å². The zero-order valence-electron chi connectivity index (χ0n) is 11.4. The highest BCUT2D eigenvalue weighted by Crippen LogP contribution is 2.34. The van der Waals surface area contributed by atoms with E-state index >= 15 is 0 Å². The van der Waals surface area contributed by atoms with Crippen LogP contribution in [0.15, 0.2) is 22.8 Å². The topological polar surface area (TPSA) is 42.7 Å². The van der Waals surface area contributed by atoms with Gasteiger partial charge in [0.05, 0.1) is 34.0 Å². The second-order valence-electron chi connectivity index (χ2n) is 5.42. The lowest BCUT2D eigenvalue weighted by molar-refractivity contribution is 0.347. The summed E-state index contributed by atoms with van der Waals surface area (Å²) < 4.78 is 2.67. The summed E-state index contributed by atoms with van der Waals surface area (Å²) in [5.41, 5.74) is 1.44. The Labute approximate surface area is 136 Å². The first-order chi connectivity index (χ1) is 9.27. The van der Waals surface area contributed by atoms with Gasteiger partial charge in [-0.15, -0.1) is 5.10 Å². The Morgan fingerprint density at radius 3 is 2.35 bits per heavy atom. The molecule has 0 aliphatic carbocycles. The molecule has 1 N–H and O–H groups in total. The molecule has 2 aromatic rings. The molecule has 0 fully saturated rings. The Morgan fingerprint density at radius 2 is 1.85 bits per heavy atom. The van der Waals surface area contributed by atoms with Gasteiger partial charge in [-0.25, -0.2) is 4.68 Å². The van der Waals surface area contributed by atoms with Crippen LogP contribution in [-0.4, -0.2) is 15.0 Å². The quantitative estimate of drug-likeness (QED) is 0.841. The Bertz CT molecular complexity index is 596. The summed E-state index contributed by atoms with van der Waals surface area (Å²) in [7, 11) is 0. The van der Waals surface area contributed by atoms with Crippen molar-refractivity contribution in [2.24, 2.45) is 0 Å². The van der Waals surface area contributed by atoms with Gasteiger partial charge in [0.15, 0.2) is 0 Å². The van der Waals surface area contributed by atoms with Gasteiger partial charge in [0.2, 0.25) is 0 Å². The normalized spacial score (nSPS) is 11.7. The molecule has 1 heterocycles. The number of nitrogens with zero attached hydrogens (tertiary/aromatic N) is 3. The second-order valence-corrected chi connectivity index (χ2v) is 7.15. The number of hydrogen-bond acceptors (Lipinski definition) is 3. The van der Waals surface area contributed by atoms with Crippen LogP contribution in [0.4, 0.5) is 5.69 Å². The maximum atomic E-state index is 6.16. The van der Waals surface area contributed by atoms with Crippen LogP contribution in [0.25, 0.3) is 0 Å². The number of aromatic nitrogens is 3. The maximum absolute atomic E-state index is 6.16. The van der Waals surface area contributed by atoms with Crippen molar-refractivity contribution in [3.63, 3.8) is 0 Å². The predicted molar refractivity (Wildman–Crippen MR) is 86.5 cm³/mol. The van der Waals surface area contributed by atoms with Crippen LogP contribution in [-0.2, 0) is 12.1 Å². The monoisotopic (exact) mass is 376 g/mol. The van der Waals surface area contributed by atoms with Gasteiger partial charge in [0, 0.05) is 4.47 Å². The molecule has 1 aromatic carbocycles. The summed E-state index contributed by atoms with van der Waals surface area (Å²) in [6, 6.07) is 3.59. The van der Waals surface area contributed by atoms with Crippen LogP contribution in [0.3, 0.4) is 0 Å². The summed E-state index contributed by atoms with van der Waals surface area (Å²) in [4.78, 5) is 0. The fourth-order valence-electron chi connectivity index (χ4n) is 1.60. The third kappa shape index (κ3) is 3.65. The smallest absolute Gasteiger partial charge is 0.102 e. The second kappa shape index (κ2) is 5.92. The number of nitrogens with one attached hydrogen (secondary N) is 1. The molecule has 0 aliphatic rings. The fraction of sp³-hybridized carbons (Fsp3) is 0.385. The molecule has 0 spiro atoms. The molecule has 0 unspecified atom stereocenters. The fourth-order valence-corrected chi connectivity index (χ4v) is 2.94. The van der Waals surface area contributed by atoms with Crippen molar-refractivity contribution >= 4 is 44.8 Å². The number of hydrogen-bond donors (Lipinski definition) is 1. The molecule has 0 bridgehead atoms. The zero-order chi connectivity index (χ0) is 14.9. The van der Waals surface area contributed by atoms with E-state index in [1.54, 1.807) is 12.1 Å². The first-order valence-electron chi connectivity index (χ1n) is 6.07. The van der Waals surface area contributed by atoms with E-state index in [9.17, 15) is 0 Å². The molecule has 0 saturated carbocycles. The van der Waals surface area contributed by atoms with Crippen LogP contribution in [0.2, 0.25) is 10.0 Å². The highest BCUT2D eigenvalue weighted by Gasteiger charge is 2.15. The minimum Gasteiger partial charge on any atom is -0.377 e. The summed E-state index contributed by atoms with van der Waals surface area (Å²) in [5.74, 6) is 0. The zero-order valence-corrected chi connectivity index (χ0v) is 14.5. The van der Waals surface area contributed by atoms with Gasteiger partial charge in [-0.1, -0.05) is 44.3 Å². The minimum absolute atomic E-state index is 0.0852. The van der Waals surface area contributed by atoms with Gasteiger partial charge < -0.3 is 5.32 Å². The van der Waals surface area contributed by atoms with E-state index in [0.717, 1.165) is 10.2 Å². The van der Waals surface area contributed by atoms with E-state index in [-0.39, 0.29) is 5.54 Å². The molecule has 0 radical (unpaired) electrons. The Hall–Kier alpha value is -0.780. The van der Waals surface area contributed by atoms with E-state index in [1.807, 2.05) is 10.9 Å².